The first-order chi connectivity index (χ1) is 28.2. The van der Waals surface area contributed by atoms with Gasteiger partial charge in [-0.15, -0.1) is 0 Å². The largest absolute Gasteiger partial charge is 0.345 e. The molecule has 57 heavy (non-hydrogen) atoms. The second-order valence-corrected chi connectivity index (χ2v) is 13.8. The van der Waals surface area contributed by atoms with Crippen LogP contribution in [0.3, 0.4) is 0 Å². The Morgan fingerprint density at radius 3 is 1.02 bits per heavy atom. The van der Waals surface area contributed by atoms with Crippen LogP contribution in [-0.2, 0) is 0 Å². The first-order valence-electron chi connectivity index (χ1n) is 19.2. The molecule has 0 aliphatic heterocycles. The molecule has 0 spiro atoms. The molecular formula is C52H41N5. The quantitative estimate of drug-likeness (QED) is 0.132. The van der Waals surface area contributed by atoms with E-state index in [1.807, 2.05) is 18.3 Å². The number of anilines is 11. The second-order valence-electron chi connectivity index (χ2n) is 13.8. The van der Waals surface area contributed by atoms with Crippen molar-refractivity contribution in [2.45, 2.75) is 0 Å². The van der Waals surface area contributed by atoms with Gasteiger partial charge in [0.2, 0.25) is 0 Å². The molecule has 1 aromatic heterocycles. The highest BCUT2D eigenvalue weighted by Crippen LogP contribution is 2.42. The van der Waals surface area contributed by atoms with Crippen LogP contribution < -0.4 is 19.6 Å². The molecule has 9 rings (SSSR count). The molecule has 0 unspecified atom stereocenters. The molecule has 274 valence electrons. The lowest BCUT2D eigenvalue weighted by atomic mass is 10.1. The van der Waals surface area contributed by atoms with E-state index >= 15 is 0 Å². The van der Waals surface area contributed by atoms with E-state index in [2.05, 4.69) is 244 Å². The number of rotatable bonds is 11. The first kappa shape index (κ1) is 35.1. The summed E-state index contributed by atoms with van der Waals surface area (Å²) in [5.41, 5.74) is 12.9. The Labute approximate surface area is 334 Å². The van der Waals surface area contributed by atoms with Gasteiger partial charge in [-0.05, 0) is 133 Å². The summed E-state index contributed by atoms with van der Waals surface area (Å²) in [5.74, 6) is 0. The number of pyridine rings is 1. The van der Waals surface area contributed by atoms with Crippen molar-refractivity contribution in [1.82, 2.24) is 4.98 Å². The molecule has 0 radical (unpaired) electrons. The maximum Gasteiger partial charge on any atom is 0.0723 e. The summed E-state index contributed by atoms with van der Waals surface area (Å²) in [4.78, 5) is 13.8. The lowest BCUT2D eigenvalue weighted by Crippen LogP contribution is -2.13. The molecule has 5 heteroatoms. The Balaban J connectivity index is 1.07. The smallest absolute Gasteiger partial charge is 0.0723 e. The third-order valence-electron chi connectivity index (χ3n) is 10.3. The minimum Gasteiger partial charge on any atom is -0.345 e. The maximum atomic E-state index is 4.65. The zero-order valence-corrected chi connectivity index (χ0v) is 31.7. The summed E-state index contributed by atoms with van der Waals surface area (Å²) in [6, 6.07) is 78.9. The molecular weight excluding hydrogens is 695 g/mol. The molecule has 0 bridgehead atoms. The van der Waals surface area contributed by atoms with Crippen LogP contribution in [-0.4, -0.2) is 12.0 Å². The van der Waals surface area contributed by atoms with Crippen LogP contribution in [0.2, 0.25) is 0 Å². The Kier molecular flexibility index (Phi) is 9.85. The minimum atomic E-state index is 0.963. The van der Waals surface area contributed by atoms with Crippen molar-refractivity contribution in [3.8, 4) is 0 Å². The number of hydrogen-bond acceptors (Lipinski definition) is 5. The summed E-state index contributed by atoms with van der Waals surface area (Å²) in [5, 5.41) is 1.10. The average molecular weight is 736 g/mol. The summed E-state index contributed by atoms with van der Waals surface area (Å²) >= 11 is 0. The number of para-hydroxylation sites is 5. The number of aromatic nitrogens is 1. The number of fused-ring (bicyclic) bond motifs is 1. The van der Waals surface area contributed by atoms with Crippen LogP contribution in [0.25, 0.3) is 10.9 Å². The summed E-state index contributed by atoms with van der Waals surface area (Å²) in [7, 11) is 2.10. The third-order valence-corrected chi connectivity index (χ3v) is 10.3. The highest BCUT2D eigenvalue weighted by atomic mass is 15.2. The van der Waals surface area contributed by atoms with Gasteiger partial charge in [-0.25, -0.2) is 0 Å². The number of benzene rings is 8. The molecule has 1 heterocycles. The Hall–Kier alpha value is -7.63. The van der Waals surface area contributed by atoms with Gasteiger partial charge in [-0.1, -0.05) is 91.0 Å². The van der Waals surface area contributed by atoms with E-state index in [1.165, 1.54) is 0 Å². The van der Waals surface area contributed by atoms with E-state index < -0.39 is 0 Å². The SMILES string of the molecule is CN(c1ccccc1)c1ccc(N(c2ccccc2)c2ccc(N(c3ccccc3)c3ccc(N(c4ccccc4)c4ccnc5ccccc45)cc3)cc2)cc1. The fourth-order valence-corrected chi connectivity index (χ4v) is 7.46. The number of nitrogens with zero attached hydrogens (tertiary/aromatic N) is 5. The molecule has 0 saturated heterocycles. The zero-order chi connectivity index (χ0) is 38.4. The third kappa shape index (κ3) is 7.30. The molecule has 0 amide bonds. The summed E-state index contributed by atoms with van der Waals surface area (Å²) in [6.45, 7) is 0. The van der Waals surface area contributed by atoms with Crippen LogP contribution in [0.5, 0.6) is 0 Å². The van der Waals surface area contributed by atoms with Crippen molar-refractivity contribution in [3.63, 3.8) is 0 Å². The van der Waals surface area contributed by atoms with Gasteiger partial charge in [0, 0.05) is 75.5 Å². The van der Waals surface area contributed by atoms with Gasteiger partial charge >= 0.3 is 0 Å². The standard InChI is InChI=1S/C52H41N5/c1-54(40-16-6-2-7-17-40)41-26-28-45(29-27-41)55(42-18-8-3-9-19-42)46-30-32-47(33-31-46)56(43-20-10-4-11-21-43)48-34-36-49(37-35-48)57(44-22-12-5-13-23-44)52-38-39-53-51-25-15-14-24-50(51)52/h2-39H,1H3. The number of hydrogen-bond donors (Lipinski definition) is 0. The molecule has 0 aliphatic rings. The van der Waals surface area contributed by atoms with Crippen LogP contribution in [0.4, 0.5) is 62.6 Å². The lowest BCUT2D eigenvalue weighted by molar-refractivity contribution is 1.20. The van der Waals surface area contributed by atoms with E-state index in [0.717, 1.165) is 73.5 Å². The van der Waals surface area contributed by atoms with Crippen molar-refractivity contribution in [1.29, 1.82) is 0 Å². The summed E-state index contributed by atoms with van der Waals surface area (Å²) < 4.78 is 0. The summed E-state index contributed by atoms with van der Waals surface area (Å²) in [6.07, 6.45) is 1.89. The first-order valence-corrected chi connectivity index (χ1v) is 19.2. The topological polar surface area (TPSA) is 25.9 Å². The van der Waals surface area contributed by atoms with Crippen molar-refractivity contribution in [3.05, 3.63) is 231 Å². The molecule has 0 saturated carbocycles. The van der Waals surface area contributed by atoms with Gasteiger partial charge in [-0.3, -0.25) is 4.98 Å². The van der Waals surface area contributed by atoms with Gasteiger partial charge in [0.25, 0.3) is 0 Å². The van der Waals surface area contributed by atoms with E-state index in [1.54, 1.807) is 0 Å². The maximum absolute atomic E-state index is 4.65. The predicted molar refractivity (Wildman–Crippen MR) is 240 cm³/mol. The van der Waals surface area contributed by atoms with Crippen molar-refractivity contribution >= 4 is 73.5 Å². The van der Waals surface area contributed by atoms with Gasteiger partial charge in [0.05, 0.1) is 11.2 Å². The van der Waals surface area contributed by atoms with Crippen molar-refractivity contribution < 1.29 is 0 Å². The Morgan fingerprint density at radius 2 is 0.579 bits per heavy atom. The van der Waals surface area contributed by atoms with E-state index in [-0.39, 0.29) is 0 Å². The normalized spacial score (nSPS) is 10.9. The molecule has 8 aromatic carbocycles. The molecule has 0 N–H and O–H groups in total. The van der Waals surface area contributed by atoms with E-state index in [0.29, 0.717) is 0 Å². The monoisotopic (exact) mass is 735 g/mol. The fourth-order valence-electron chi connectivity index (χ4n) is 7.46. The molecule has 9 aromatic rings. The van der Waals surface area contributed by atoms with Crippen LogP contribution in [0, 0.1) is 0 Å². The van der Waals surface area contributed by atoms with Gasteiger partial charge < -0.3 is 19.6 Å². The highest BCUT2D eigenvalue weighted by molar-refractivity contribution is 5.97. The fraction of sp³-hybridized carbons (Fsp3) is 0.0192. The highest BCUT2D eigenvalue weighted by Gasteiger charge is 2.19. The van der Waals surface area contributed by atoms with Crippen molar-refractivity contribution in [2.75, 3.05) is 26.6 Å². The molecule has 5 nitrogen and oxygen atoms in total. The van der Waals surface area contributed by atoms with Gasteiger partial charge in [0.15, 0.2) is 0 Å². The Morgan fingerprint density at radius 1 is 0.281 bits per heavy atom. The second kappa shape index (κ2) is 16.0. The molecule has 0 atom stereocenters. The minimum absolute atomic E-state index is 0.963. The Bertz CT molecular complexity index is 2660. The van der Waals surface area contributed by atoms with Crippen LogP contribution >= 0.6 is 0 Å². The molecule has 0 fully saturated rings. The zero-order valence-electron chi connectivity index (χ0n) is 31.7. The van der Waals surface area contributed by atoms with Gasteiger partial charge in [-0.2, -0.15) is 0 Å². The lowest BCUT2D eigenvalue weighted by Gasteiger charge is -2.30. The van der Waals surface area contributed by atoms with E-state index in [4.69, 9.17) is 0 Å². The van der Waals surface area contributed by atoms with Crippen LogP contribution in [0.1, 0.15) is 0 Å². The molecule has 0 aliphatic carbocycles. The predicted octanol–water partition coefficient (Wildman–Crippen LogP) is 14.4. The van der Waals surface area contributed by atoms with Gasteiger partial charge in [0.1, 0.15) is 0 Å². The average Bonchev–Trinajstić information content (AvgIpc) is 3.29. The van der Waals surface area contributed by atoms with E-state index in [9.17, 15) is 0 Å². The van der Waals surface area contributed by atoms with Crippen molar-refractivity contribution in [2.24, 2.45) is 0 Å². The van der Waals surface area contributed by atoms with Crippen LogP contribution in [0.15, 0.2) is 231 Å².